The van der Waals surface area contributed by atoms with Gasteiger partial charge in [-0.1, -0.05) is 5.11 Å². The van der Waals surface area contributed by atoms with E-state index < -0.39 is 12.0 Å². The maximum atomic E-state index is 10.5. The molecule has 0 aromatic rings. The molecule has 0 saturated carbocycles. The standard InChI is InChI=1S/C4H5N3O2/c5-7-6-3-1-2-9-4(3)8/h3H,1-2H2/t3-/m0/s1. The van der Waals surface area contributed by atoms with Gasteiger partial charge >= 0.3 is 5.97 Å². The minimum Gasteiger partial charge on any atom is -0.465 e. The molecule has 0 amide bonds. The molecule has 1 aliphatic heterocycles. The fourth-order valence-corrected chi connectivity index (χ4v) is 0.652. The van der Waals surface area contributed by atoms with E-state index in [0.717, 1.165) is 0 Å². The summed E-state index contributed by atoms with van der Waals surface area (Å²) in [7, 11) is 0. The first-order valence-electron chi connectivity index (χ1n) is 2.55. The Bertz CT molecular complexity index is 173. The molecule has 0 unspecified atom stereocenters. The van der Waals surface area contributed by atoms with E-state index in [4.69, 9.17) is 5.53 Å². The first-order valence-corrected chi connectivity index (χ1v) is 2.55. The Kier molecular flexibility index (Phi) is 1.55. The Morgan fingerprint density at radius 2 is 2.67 bits per heavy atom. The Balaban J connectivity index is 2.59. The van der Waals surface area contributed by atoms with Crippen LogP contribution in [0.2, 0.25) is 0 Å². The second-order valence-corrected chi connectivity index (χ2v) is 1.68. The molecule has 0 aromatic heterocycles. The van der Waals surface area contributed by atoms with Gasteiger partial charge in [0.25, 0.3) is 0 Å². The first-order chi connectivity index (χ1) is 4.34. The number of esters is 1. The molecule has 0 spiro atoms. The predicted molar refractivity (Wildman–Crippen MR) is 28.5 cm³/mol. The third kappa shape index (κ3) is 1.12. The van der Waals surface area contributed by atoms with Crippen molar-refractivity contribution in [2.45, 2.75) is 12.5 Å². The van der Waals surface area contributed by atoms with Gasteiger partial charge in [-0.3, -0.25) is 4.79 Å². The highest BCUT2D eigenvalue weighted by Gasteiger charge is 2.24. The smallest absolute Gasteiger partial charge is 0.315 e. The van der Waals surface area contributed by atoms with E-state index in [9.17, 15) is 4.79 Å². The van der Waals surface area contributed by atoms with Gasteiger partial charge < -0.3 is 4.74 Å². The van der Waals surface area contributed by atoms with Crippen LogP contribution in [0.4, 0.5) is 0 Å². The summed E-state index contributed by atoms with van der Waals surface area (Å²) in [5, 5.41) is 3.21. The zero-order chi connectivity index (χ0) is 6.69. The zero-order valence-electron chi connectivity index (χ0n) is 4.65. The molecule has 1 fully saturated rings. The van der Waals surface area contributed by atoms with Crippen LogP contribution in [0.3, 0.4) is 0 Å². The first kappa shape index (κ1) is 5.91. The Morgan fingerprint density at radius 3 is 3.11 bits per heavy atom. The molecular formula is C4H5N3O2. The number of carbonyl (C=O) groups excluding carboxylic acids is 1. The Hall–Kier alpha value is -1.22. The molecule has 0 aliphatic carbocycles. The van der Waals surface area contributed by atoms with Crippen molar-refractivity contribution in [3.8, 4) is 0 Å². The monoisotopic (exact) mass is 127 g/mol. The molecule has 1 heterocycles. The van der Waals surface area contributed by atoms with Crippen molar-refractivity contribution in [2.24, 2.45) is 5.11 Å². The van der Waals surface area contributed by atoms with E-state index in [1.165, 1.54) is 0 Å². The summed E-state index contributed by atoms with van der Waals surface area (Å²) in [6, 6.07) is -0.574. The minimum absolute atomic E-state index is 0.377. The van der Waals surface area contributed by atoms with Gasteiger partial charge in [0.15, 0.2) is 0 Å². The zero-order valence-corrected chi connectivity index (χ0v) is 4.65. The van der Waals surface area contributed by atoms with E-state index in [2.05, 4.69) is 14.8 Å². The number of hydrogen-bond donors (Lipinski definition) is 0. The SMILES string of the molecule is [N-]=[N+]=N[C@H]1CCOC1=O. The number of nitrogens with zero attached hydrogens (tertiary/aromatic N) is 3. The second kappa shape index (κ2) is 2.37. The summed E-state index contributed by atoms with van der Waals surface area (Å²) in [5.41, 5.74) is 7.90. The third-order valence-electron chi connectivity index (χ3n) is 1.10. The number of carbonyl (C=O) groups is 1. The van der Waals surface area contributed by atoms with E-state index in [1.54, 1.807) is 0 Å². The lowest BCUT2D eigenvalue weighted by Gasteiger charge is -1.89. The molecule has 0 bridgehead atoms. The quantitative estimate of drug-likeness (QED) is 0.224. The highest BCUT2D eigenvalue weighted by atomic mass is 16.5. The third-order valence-corrected chi connectivity index (χ3v) is 1.10. The van der Waals surface area contributed by atoms with Crippen LogP contribution in [0.5, 0.6) is 0 Å². The van der Waals surface area contributed by atoms with Gasteiger partial charge in [0.2, 0.25) is 0 Å². The molecular weight excluding hydrogens is 122 g/mol. The molecule has 0 N–H and O–H groups in total. The number of hydrogen-bond acceptors (Lipinski definition) is 3. The normalized spacial score (nSPS) is 24.9. The van der Waals surface area contributed by atoms with Crippen LogP contribution in [0.1, 0.15) is 6.42 Å². The van der Waals surface area contributed by atoms with Crippen molar-refractivity contribution in [3.63, 3.8) is 0 Å². The summed E-state index contributed by atoms with van der Waals surface area (Å²) in [6.45, 7) is 0.377. The van der Waals surface area contributed by atoms with Crippen molar-refractivity contribution in [1.29, 1.82) is 0 Å². The Morgan fingerprint density at radius 1 is 1.89 bits per heavy atom. The van der Waals surface area contributed by atoms with E-state index in [0.29, 0.717) is 13.0 Å². The Labute approximate surface area is 51.2 Å². The average Bonchev–Trinajstić information content (AvgIpc) is 2.18. The lowest BCUT2D eigenvalue weighted by molar-refractivity contribution is -0.138. The molecule has 5 nitrogen and oxygen atoms in total. The number of azide groups is 1. The number of cyclic esters (lactones) is 1. The highest BCUT2D eigenvalue weighted by molar-refractivity contribution is 5.77. The summed E-state index contributed by atoms with van der Waals surface area (Å²) < 4.78 is 4.51. The van der Waals surface area contributed by atoms with Crippen molar-refractivity contribution in [1.82, 2.24) is 0 Å². The maximum Gasteiger partial charge on any atom is 0.315 e. The maximum absolute atomic E-state index is 10.5. The molecule has 1 saturated heterocycles. The molecule has 0 aromatic carbocycles. The molecule has 0 radical (unpaired) electrons. The van der Waals surface area contributed by atoms with Gasteiger partial charge in [0.05, 0.1) is 6.61 Å². The summed E-state index contributed by atoms with van der Waals surface area (Å²) in [4.78, 5) is 13.0. The minimum atomic E-state index is -0.574. The molecule has 48 valence electrons. The van der Waals surface area contributed by atoms with Gasteiger partial charge in [-0.15, -0.1) is 0 Å². The molecule has 5 heteroatoms. The summed E-state index contributed by atoms with van der Waals surface area (Å²) >= 11 is 0. The second-order valence-electron chi connectivity index (χ2n) is 1.68. The van der Waals surface area contributed by atoms with Crippen LogP contribution >= 0.6 is 0 Å². The highest BCUT2D eigenvalue weighted by Crippen LogP contribution is 2.09. The van der Waals surface area contributed by atoms with Crippen LogP contribution in [-0.2, 0) is 9.53 Å². The van der Waals surface area contributed by atoms with E-state index in [-0.39, 0.29) is 0 Å². The van der Waals surface area contributed by atoms with Gasteiger partial charge in [-0.05, 0) is 5.53 Å². The summed E-state index contributed by atoms with van der Waals surface area (Å²) in [5.74, 6) is -0.409. The fraction of sp³-hybridized carbons (Fsp3) is 0.750. The van der Waals surface area contributed by atoms with Crippen molar-refractivity contribution < 1.29 is 9.53 Å². The molecule has 1 rings (SSSR count). The fourth-order valence-electron chi connectivity index (χ4n) is 0.652. The van der Waals surface area contributed by atoms with Crippen LogP contribution in [0.25, 0.3) is 10.4 Å². The van der Waals surface area contributed by atoms with Gasteiger partial charge in [0, 0.05) is 11.3 Å². The van der Waals surface area contributed by atoms with Crippen LogP contribution in [0, 0.1) is 0 Å². The van der Waals surface area contributed by atoms with Crippen molar-refractivity contribution in [2.75, 3.05) is 6.61 Å². The van der Waals surface area contributed by atoms with Crippen molar-refractivity contribution >= 4 is 5.97 Å². The van der Waals surface area contributed by atoms with Crippen molar-refractivity contribution in [3.05, 3.63) is 10.4 Å². The van der Waals surface area contributed by atoms with E-state index in [1.807, 2.05) is 0 Å². The predicted octanol–water partition coefficient (Wildman–Crippen LogP) is 0.612. The van der Waals surface area contributed by atoms with Crippen LogP contribution in [0.15, 0.2) is 5.11 Å². The average molecular weight is 127 g/mol. The molecule has 1 atom stereocenters. The van der Waals surface area contributed by atoms with E-state index >= 15 is 0 Å². The lowest BCUT2D eigenvalue weighted by Crippen LogP contribution is -2.09. The topological polar surface area (TPSA) is 75.1 Å². The largest absolute Gasteiger partial charge is 0.465 e. The molecule has 9 heavy (non-hydrogen) atoms. The van der Waals surface area contributed by atoms with Crippen LogP contribution in [-0.4, -0.2) is 18.6 Å². The van der Waals surface area contributed by atoms with Crippen LogP contribution < -0.4 is 0 Å². The number of ether oxygens (including phenoxy) is 1. The molecule has 1 aliphatic rings. The lowest BCUT2D eigenvalue weighted by atomic mass is 10.3. The van der Waals surface area contributed by atoms with Gasteiger partial charge in [-0.25, -0.2) is 0 Å². The van der Waals surface area contributed by atoms with Gasteiger partial charge in [0.1, 0.15) is 6.04 Å². The van der Waals surface area contributed by atoms with Gasteiger partial charge in [-0.2, -0.15) is 0 Å². The summed E-state index contributed by atoms with van der Waals surface area (Å²) in [6.07, 6.45) is 0.517. The number of rotatable bonds is 1.